The highest BCUT2D eigenvalue weighted by Gasteiger charge is 2.29. The van der Waals surface area contributed by atoms with Gasteiger partial charge >= 0.3 is 0 Å². The molecule has 0 heterocycles. The van der Waals surface area contributed by atoms with E-state index in [0.717, 1.165) is 0 Å². The van der Waals surface area contributed by atoms with E-state index in [9.17, 15) is 4.39 Å². The number of rotatable bonds is 1. The Labute approximate surface area is 80.9 Å². The normalized spacial score (nSPS) is 19.4. The van der Waals surface area contributed by atoms with Gasteiger partial charge in [0, 0.05) is 5.92 Å². The van der Waals surface area contributed by atoms with Crippen molar-refractivity contribution in [2.75, 3.05) is 0 Å². The van der Waals surface area contributed by atoms with Gasteiger partial charge in [-0.15, -0.1) is 0 Å². The number of alkyl halides is 3. The lowest BCUT2D eigenvalue weighted by Gasteiger charge is -2.13. The van der Waals surface area contributed by atoms with Crippen LogP contribution in [0.2, 0.25) is 0 Å². The Morgan fingerprint density at radius 3 is 1.89 bits per heavy atom. The Morgan fingerprint density at radius 2 is 1.67 bits per heavy atom. The van der Waals surface area contributed by atoms with E-state index < -0.39 is 1.68 Å². The van der Waals surface area contributed by atoms with Crippen LogP contribution in [0.4, 0.5) is 4.39 Å². The molecule has 3 heteroatoms. The maximum Gasteiger partial charge on any atom is 0.220 e. The molecule has 1 aliphatic carbocycles. The van der Waals surface area contributed by atoms with Crippen molar-refractivity contribution in [3.8, 4) is 0 Å². The van der Waals surface area contributed by atoms with E-state index in [1.165, 1.54) is 0 Å². The summed E-state index contributed by atoms with van der Waals surface area (Å²) in [6.45, 7) is 0. The van der Waals surface area contributed by atoms with Crippen molar-refractivity contribution in [2.45, 2.75) is 1.68 Å². The minimum Gasteiger partial charge on any atom is -0.220 e. The van der Waals surface area contributed by atoms with Gasteiger partial charge in [-0.3, -0.25) is 0 Å². The maximum atomic E-state index is 13.0. The van der Waals surface area contributed by atoms with Crippen molar-refractivity contribution in [2.24, 2.45) is 5.92 Å². The van der Waals surface area contributed by atoms with Crippen LogP contribution in [0.25, 0.3) is 0 Å². The minimum absolute atomic E-state index is 0.0429. The van der Waals surface area contributed by atoms with Crippen LogP contribution in [0.3, 0.4) is 0 Å². The average Bonchev–Trinajstić information content (AvgIpc) is 2.08. The molecule has 0 atom stereocenters. The van der Waals surface area contributed by atoms with E-state index in [1.54, 1.807) is 45.2 Å². The molecule has 0 saturated heterocycles. The van der Waals surface area contributed by atoms with Crippen LogP contribution in [0.15, 0.2) is 24.3 Å². The highest BCUT2D eigenvalue weighted by molar-refractivity contribution is 14.2. The van der Waals surface area contributed by atoms with Crippen LogP contribution in [0, 0.1) is 5.92 Å². The highest BCUT2D eigenvalue weighted by atomic mass is 127. The SMILES string of the molecule is FC(I)(I)C1C=CC=C1. The molecule has 0 unspecified atom stereocenters. The smallest absolute Gasteiger partial charge is 0.220 e. The van der Waals surface area contributed by atoms with E-state index in [1.807, 2.05) is 24.3 Å². The second-order valence-electron chi connectivity index (χ2n) is 1.84. The summed E-state index contributed by atoms with van der Waals surface area (Å²) in [5, 5.41) is 0. The molecule has 0 radical (unpaired) electrons. The lowest BCUT2D eigenvalue weighted by atomic mass is 10.2. The molecule has 1 aliphatic rings. The fraction of sp³-hybridized carbons (Fsp3) is 0.333. The lowest BCUT2D eigenvalue weighted by Crippen LogP contribution is -2.12. The third-order valence-corrected chi connectivity index (χ3v) is 2.56. The Morgan fingerprint density at radius 1 is 1.22 bits per heavy atom. The largest absolute Gasteiger partial charge is 0.220 e. The van der Waals surface area contributed by atoms with Gasteiger partial charge in [-0.2, -0.15) is 0 Å². The zero-order chi connectivity index (χ0) is 6.91. The Balaban J connectivity index is 2.64. The second-order valence-corrected chi connectivity index (χ2v) is 7.04. The van der Waals surface area contributed by atoms with Crippen molar-refractivity contribution >= 4 is 45.2 Å². The van der Waals surface area contributed by atoms with E-state index in [0.29, 0.717) is 0 Å². The summed E-state index contributed by atoms with van der Waals surface area (Å²) < 4.78 is 11.8. The van der Waals surface area contributed by atoms with E-state index in [2.05, 4.69) is 0 Å². The van der Waals surface area contributed by atoms with Crippen molar-refractivity contribution in [3.63, 3.8) is 0 Å². The average molecular weight is 350 g/mol. The van der Waals surface area contributed by atoms with Gasteiger partial charge in [-0.05, 0) is 45.2 Å². The van der Waals surface area contributed by atoms with Crippen LogP contribution in [0.1, 0.15) is 0 Å². The quantitative estimate of drug-likeness (QED) is 0.503. The molecule has 0 spiro atoms. The van der Waals surface area contributed by atoms with Crippen LogP contribution >= 0.6 is 45.2 Å². The number of allylic oxidation sites excluding steroid dienone is 4. The van der Waals surface area contributed by atoms with Gasteiger partial charge in [0.2, 0.25) is 1.68 Å². The number of hydrogen-bond donors (Lipinski definition) is 0. The van der Waals surface area contributed by atoms with Crippen molar-refractivity contribution in [1.29, 1.82) is 0 Å². The molecule has 0 nitrogen and oxygen atoms in total. The van der Waals surface area contributed by atoms with Gasteiger partial charge < -0.3 is 0 Å². The van der Waals surface area contributed by atoms with Crippen molar-refractivity contribution < 1.29 is 4.39 Å². The molecular weight excluding hydrogens is 345 g/mol. The maximum absolute atomic E-state index is 13.0. The topological polar surface area (TPSA) is 0 Å². The molecule has 0 amide bonds. The van der Waals surface area contributed by atoms with Gasteiger partial charge in [0.25, 0.3) is 0 Å². The molecule has 9 heavy (non-hydrogen) atoms. The van der Waals surface area contributed by atoms with Crippen LogP contribution in [-0.4, -0.2) is 1.68 Å². The first-order chi connectivity index (χ1) is 4.11. The highest BCUT2D eigenvalue weighted by Crippen LogP contribution is 2.40. The molecule has 0 aromatic heterocycles. The standard InChI is InChI=1S/C6H5FI2/c7-6(8,9)5-3-1-2-4-5/h1-5H. The predicted octanol–water partition coefficient (Wildman–Crippen LogP) is 3.22. The lowest BCUT2D eigenvalue weighted by molar-refractivity contribution is 0.411. The Bertz CT molecular complexity index is 143. The molecule has 1 rings (SSSR count). The van der Waals surface area contributed by atoms with Crippen molar-refractivity contribution in [1.82, 2.24) is 0 Å². The van der Waals surface area contributed by atoms with E-state index in [4.69, 9.17) is 0 Å². The number of halogens is 3. The first-order valence-corrected chi connectivity index (χ1v) is 4.68. The zero-order valence-electron chi connectivity index (χ0n) is 4.52. The fourth-order valence-corrected chi connectivity index (χ4v) is 1.48. The van der Waals surface area contributed by atoms with Gasteiger partial charge in [-0.25, -0.2) is 4.39 Å². The first kappa shape index (κ1) is 7.97. The fourth-order valence-electron chi connectivity index (χ4n) is 0.650. The summed E-state index contributed by atoms with van der Waals surface area (Å²) in [4.78, 5) is 0. The van der Waals surface area contributed by atoms with Gasteiger partial charge in [0.15, 0.2) is 0 Å². The third kappa shape index (κ3) is 2.18. The molecule has 0 bridgehead atoms. The summed E-state index contributed by atoms with van der Waals surface area (Å²) in [6.07, 6.45) is 7.46. The van der Waals surface area contributed by atoms with Crippen molar-refractivity contribution in [3.05, 3.63) is 24.3 Å². The van der Waals surface area contributed by atoms with E-state index in [-0.39, 0.29) is 5.92 Å². The van der Waals surface area contributed by atoms with Crippen LogP contribution in [0.5, 0.6) is 0 Å². The number of hydrogen-bond acceptors (Lipinski definition) is 0. The van der Waals surface area contributed by atoms with Crippen LogP contribution in [-0.2, 0) is 0 Å². The van der Waals surface area contributed by atoms with Gasteiger partial charge in [0.1, 0.15) is 0 Å². The Kier molecular flexibility index (Phi) is 2.53. The second kappa shape index (κ2) is 2.86. The van der Waals surface area contributed by atoms with Gasteiger partial charge in [0.05, 0.1) is 0 Å². The predicted molar refractivity (Wildman–Crippen MR) is 53.6 cm³/mol. The van der Waals surface area contributed by atoms with Gasteiger partial charge in [-0.1, -0.05) is 24.3 Å². The molecule has 0 fully saturated rings. The summed E-state index contributed by atoms with van der Waals surface area (Å²) in [7, 11) is 0. The molecular formula is C6H5FI2. The Hall–Kier alpha value is 0.870. The van der Waals surface area contributed by atoms with E-state index >= 15 is 0 Å². The third-order valence-electron chi connectivity index (χ3n) is 1.13. The summed E-state index contributed by atoms with van der Waals surface area (Å²) >= 11 is 3.59. The summed E-state index contributed by atoms with van der Waals surface area (Å²) in [6, 6.07) is 0. The summed E-state index contributed by atoms with van der Waals surface area (Å²) in [5.74, 6) is -0.0429. The molecule has 0 aromatic rings. The molecule has 0 aromatic carbocycles. The zero-order valence-corrected chi connectivity index (χ0v) is 8.84. The van der Waals surface area contributed by atoms with Crippen LogP contribution < -0.4 is 0 Å². The summed E-state index contributed by atoms with van der Waals surface area (Å²) in [5.41, 5.74) is 0. The molecule has 0 N–H and O–H groups in total. The molecule has 0 aliphatic heterocycles. The minimum atomic E-state index is -1.15. The first-order valence-electron chi connectivity index (χ1n) is 2.52. The molecule has 0 saturated carbocycles. The molecule has 50 valence electrons. The monoisotopic (exact) mass is 350 g/mol.